The molecule has 0 radical (unpaired) electrons. The van der Waals surface area contributed by atoms with E-state index in [-0.39, 0.29) is 0 Å². The molecule has 1 aliphatic carbocycles. The molecule has 1 N–H and O–H groups in total. The molecule has 0 aliphatic heterocycles. The summed E-state index contributed by atoms with van der Waals surface area (Å²) in [6.07, 6.45) is 7.21. The maximum atomic E-state index is 3.60. The summed E-state index contributed by atoms with van der Waals surface area (Å²) in [7, 11) is 0. The minimum Gasteiger partial charge on any atom is -0.313 e. The predicted molar refractivity (Wildman–Crippen MR) is 74.2 cm³/mol. The van der Waals surface area contributed by atoms with Gasteiger partial charge in [0.1, 0.15) is 0 Å². The lowest BCUT2D eigenvalue weighted by molar-refractivity contribution is 0.477. The highest BCUT2D eigenvalue weighted by atomic mass is 14.8. The van der Waals surface area contributed by atoms with E-state index >= 15 is 0 Å². The summed E-state index contributed by atoms with van der Waals surface area (Å²) in [5, 5.41) is 3.60. The van der Waals surface area contributed by atoms with Gasteiger partial charge in [-0.25, -0.2) is 0 Å². The average molecular weight is 231 g/mol. The molecule has 17 heavy (non-hydrogen) atoms. The van der Waals surface area contributed by atoms with E-state index in [0.717, 1.165) is 12.5 Å². The van der Waals surface area contributed by atoms with Crippen LogP contribution >= 0.6 is 0 Å². The Bertz CT molecular complexity index is 351. The van der Waals surface area contributed by atoms with Crippen LogP contribution in [-0.2, 0) is 6.54 Å². The molecular weight excluding hydrogens is 206 g/mol. The van der Waals surface area contributed by atoms with Gasteiger partial charge in [-0.3, -0.25) is 0 Å². The molecule has 0 atom stereocenters. The van der Waals surface area contributed by atoms with Crippen molar-refractivity contribution in [1.29, 1.82) is 0 Å². The fraction of sp³-hybridized carbons (Fsp3) is 0.625. The van der Waals surface area contributed by atoms with Crippen LogP contribution in [0.2, 0.25) is 0 Å². The molecule has 0 aromatic heterocycles. The van der Waals surface area contributed by atoms with Crippen molar-refractivity contribution in [2.45, 2.75) is 52.5 Å². The number of hydrogen-bond acceptors (Lipinski definition) is 1. The number of aryl methyl sites for hydroxylation is 1. The Morgan fingerprint density at radius 3 is 2.71 bits per heavy atom. The fourth-order valence-corrected chi connectivity index (χ4v) is 2.83. The number of hydrogen-bond donors (Lipinski definition) is 1. The molecular formula is C16H25N. The van der Waals surface area contributed by atoms with Gasteiger partial charge in [0.25, 0.3) is 0 Å². The first kappa shape index (κ1) is 12.6. The van der Waals surface area contributed by atoms with E-state index in [2.05, 4.69) is 37.4 Å². The van der Waals surface area contributed by atoms with Crippen LogP contribution in [0.4, 0.5) is 0 Å². The van der Waals surface area contributed by atoms with E-state index < -0.39 is 0 Å². The predicted octanol–water partition coefficient (Wildman–Crippen LogP) is 3.97. The van der Waals surface area contributed by atoms with Crippen LogP contribution in [0.15, 0.2) is 18.2 Å². The van der Waals surface area contributed by atoms with Gasteiger partial charge in [-0.2, -0.15) is 0 Å². The Morgan fingerprint density at radius 1 is 1.18 bits per heavy atom. The molecule has 1 fully saturated rings. The van der Waals surface area contributed by atoms with E-state index in [4.69, 9.17) is 0 Å². The van der Waals surface area contributed by atoms with Crippen molar-refractivity contribution < 1.29 is 0 Å². The third kappa shape index (κ3) is 3.57. The van der Waals surface area contributed by atoms with Crippen molar-refractivity contribution in [3.8, 4) is 0 Å². The standard InChI is InChI=1S/C16H25N/c1-13-6-5-9-16(14(13)2)12-17-11-10-15-7-3-4-8-15/h5-6,9,15,17H,3-4,7-8,10-12H2,1-2H3. The highest BCUT2D eigenvalue weighted by Gasteiger charge is 2.13. The van der Waals surface area contributed by atoms with Crippen LogP contribution in [0.25, 0.3) is 0 Å². The highest BCUT2D eigenvalue weighted by molar-refractivity contribution is 5.32. The maximum Gasteiger partial charge on any atom is 0.0208 e. The zero-order valence-corrected chi connectivity index (χ0v) is 11.3. The average Bonchev–Trinajstić information content (AvgIpc) is 2.83. The Kier molecular flexibility index (Phi) is 4.61. The van der Waals surface area contributed by atoms with Crippen LogP contribution in [-0.4, -0.2) is 6.54 Å². The van der Waals surface area contributed by atoms with Gasteiger partial charge >= 0.3 is 0 Å². The van der Waals surface area contributed by atoms with Gasteiger partial charge < -0.3 is 5.32 Å². The molecule has 0 heterocycles. The Hall–Kier alpha value is -0.820. The molecule has 0 amide bonds. The van der Waals surface area contributed by atoms with Gasteiger partial charge in [0.05, 0.1) is 0 Å². The van der Waals surface area contributed by atoms with Crippen molar-refractivity contribution in [1.82, 2.24) is 5.32 Å². The molecule has 1 aromatic rings. The molecule has 94 valence electrons. The summed E-state index contributed by atoms with van der Waals surface area (Å²) < 4.78 is 0. The zero-order chi connectivity index (χ0) is 12.1. The summed E-state index contributed by atoms with van der Waals surface area (Å²) in [6.45, 7) is 6.62. The molecule has 2 rings (SSSR count). The second-order valence-electron chi connectivity index (χ2n) is 5.47. The normalized spacial score (nSPS) is 16.6. The van der Waals surface area contributed by atoms with Crippen molar-refractivity contribution in [3.05, 3.63) is 34.9 Å². The van der Waals surface area contributed by atoms with E-state index in [1.54, 1.807) is 0 Å². The second kappa shape index (κ2) is 6.20. The quantitative estimate of drug-likeness (QED) is 0.756. The lowest BCUT2D eigenvalue weighted by atomic mass is 10.0. The molecule has 0 saturated heterocycles. The molecule has 1 aliphatic rings. The summed E-state index contributed by atoms with van der Waals surface area (Å²) in [5.41, 5.74) is 4.30. The van der Waals surface area contributed by atoms with Gasteiger partial charge in [-0.05, 0) is 49.4 Å². The van der Waals surface area contributed by atoms with E-state index in [9.17, 15) is 0 Å². The summed E-state index contributed by atoms with van der Waals surface area (Å²) in [6, 6.07) is 6.60. The van der Waals surface area contributed by atoms with Crippen molar-refractivity contribution in [2.75, 3.05) is 6.54 Å². The van der Waals surface area contributed by atoms with Crippen molar-refractivity contribution >= 4 is 0 Å². The van der Waals surface area contributed by atoms with Gasteiger partial charge in [-0.15, -0.1) is 0 Å². The lowest BCUT2D eigenvalue weighted by Crippen LogP contribution is -2.17. The monoisotopic (exact) mass is 231 g/mol. The summed E-state index contributed by atoms with van der Waals surface area (Å²) >= 11 is 0. The summed E-state index contributed by atoms with van der Waals surface area (Å²) in [4.78, 5) is 0. The van der Waals surface area contributed by atoms with E-state index in [0.29, 0.717) is 0 Å². The van der Waals surface area contributed by atoms with Crippen LogP contribution in [0.5, 0.6) is 0 Å². The second-order valence-corrected chi connectivity index (χ2v) is 5.47. The largest absolute Gasteiger partial charge is 0.313 e. The van der Waals surface area contributed by atoms with E-state index in [1.807, 2.05) is 0 Å². The Balaban J connectivity index is 1.72. The van der Waals surface area contributed by atoms with Crippen LogP contribution < -0.4 is 5.32 Å². The SMILES string of the molecule is Cc1cccc(CNCCC2CCCC2)c1C. The smallest absolute Gasteiger partial charge is 0.0208 e. The molecule has 0 spiro atoms. The molecule has 0 unspecified atom stereocenters. The number of nitrogens with one attached hydrogen (secondary N) is 1. The molecule has 1 nitrogen and oxygen atoms in total. The third-order valence-corrected chi connectivity index (χ3v) is 4.24. The third-order valence-electron chi connectivity index (χ3n) is 4.24. The number of rotatable bonds is 5. The first-order valence-corrected chi connectivity index (χ1v) is 7.03. The molecule has 0 bridgehead atoms. The van der Waals surface area contributed by atoms with Crippen LogP contribution in [0.1, 0.15) is 48.8 Å². The van der Waals surface area contributed by atoms with Crippen LogP contribution in [0.3, 0.4) is 0 Å². The van der Waals surface area contributed by atoms with Crippen molar-refractivity contribution in [3.63, 3.8) is 0 Å². The first-order valence-electron chi connectivity index (χ1n) is 7.03. The fourth-order valence-electron chi connectivity index (χ4n) is 2.83. The summed E-state index contributed by atoms with van der Waals surface area (Å²) in [5.74, 6) is 1.00. The van der Waals surface area contributed by atoms with Crippen molar-refractivity contribution in [2.24, 2.45) is 5.92 Å². The zero-order valence-electron chi connectivity index (χ0n) is 11.3. The topological polar surface area (TPSA) is 12.0 Å². The van der Waals surface area contributed by atoms with Crippen LogP contribution in [0, 0.1) is 19.8 Å². The lowest BCUT2D eigenvalue weighted by Gasteiger charge is -2.12. The van der Waals surface area contributed by atoms with Gasteiger partial charge in [0, 0.05) is 6.54 Å². The molecule has 1 heteroatoms. The highest BCUT2D eigenvalue weighted by Crippen LogP contribution is 2.26. The number of benzene rings is 1. The van der Waals surface area contributed by atoms with Gasteiger partial charge in [0.15, 0.2) is 0 Å². The minimum absolute atomic E-state index is 1.00. The Labute approximate surface area is 106 Å². The van der Waals surface area contributed by atoms with Gasteiger partial charge in [-0.1, -0.05) is 43.9 Å². The Morgan fingerprint density at radius 2 is 1.94 bits per heavy atom. The molecule has 1 saturated carbocycles. The van der Waals surface area contributed by atoms with E-state index in [1.165, 1.54) is 55.3 Å². The maximum absolute atomic E-state index is 3.60. The minimum atomic E-state index is 1.00. The first-order chi connectivity index (χ1) is 8.27. The molecule has 1 aromatic carbocycles. The van der Waals surface area contributed by atoms with Gasteiger partial charge in [0.2, 0.25) is 0 Å².